The number of aliphatic hydroxyl groups is 1. The summed E-state index contributed by atoms with van der Waals surface area (Å²) >= 11 is 0. The van der Waals surface area contributed by atoms with Crippen LogP contribution in [0.3, 0.4) is 0 Å². The van der Waals surface area contributed by atoms with Crippen LogP contribution in [0.15, 0.2) is 12.1 Å². The summed E-state index contributed by atoms with van der Waals surface area (Å²) in [5.74, 6) is 1.72. The third-order valence-electron chi connectivity index (χ3n) is 3.09. The van der Waals surface area contributed by atoms with E-state index in [2.05, 4.69) is 0 Å². The average Bonchev–Trinajstić information content (AvgIpc) is 2.45. The normalized spacial score (nSPS) is 13.1. The van der Waals surface area contributed by atoms with E-state index in [1.54, 1.807) is 33.5 Å². The lowest BCUT2D eigenvalue weighted by atomic mass is 9.97. The molecule has 20 heavy (non-hydrogen) atoms. The fourth-order valence-electron chi connectivity index (χ4n) is 2.00. The molecule has 0 radical (unpaired) electrons. The van der Waals surface area contributed by atoms with Crippen LogP contribution in [0.1, 0.15) is 31.4 Å². The maximum atomic E-state index is 10.0. The average molecular weight is 306 g/mol. The van der Waals surface area contributed by atoms with Gasteiger partial charge in [-0.15, -0.1) is 12.4 Å². The van der Waals surface area contributed by atoms with Gasteiger partial charge in [0.1, 0.15) is 5.75 Å². The Kier molecular flexibility index (Phi) is 8.37. The summed E-state index contributed by atoms with van der Waals surface area (Å²) in [6, 6.07) is 2.95. The first kappa shape index (κ1) is 18.8. The number of rotatable bonds is 7. The largest absolute Gasteiger partial charge is 0.496 e. The van der Waals surface area contributed by atoms with Gasteiger partial charge in [0.15, 0.2) is 11.5 Å². The Labute approximate surface area is 126 Å². The standard InChI is InChI=1S/C14H23NO4.ClH/c1-5-6-10(16)14(15)9-7-12(18-3)13(19-4)8-11(9)17-2;/h7-8,10,14,16H,5-6,15H2,1-4H3;1H/t10-,14+;/m0./s1. The molecule has 2 atom stereocenters. The van der Waals surface area contributed by atoms with E-state index in [9.17, 15) is 5.11 Å². The highest BCUT2D eigenvalue weighted by Crippen LogP contribution is 2.38. The van der Waals surface area contributed by atoms with Crippen molar-refractivity contribution in [2.45, 2.75) is 31.9 Å². The van der Waals surface area contributed by atoms with E-state index < -0.39 is 12.1 Å². The molecule has 5 nitrogen and oxygen atoms in total. The first-order valence-corrected chi connectivity index (χ1v) is 6.32. The molecule has 0 aliphatic rings. The predicted octanol–water partition coefficient (Wildman–Crippen LogP) is 2.30. The second kappa shape index (κ2) is 8.89. The molecule has 0 unspecified atom stereocenters. The molecule has 6 heteroatoms. The minimum atomic E-state index is -0.614. The molecule has 1 aromatic rings. The Balaban J connectivity index is 0.00000361. The second-order valence-corrected chi connectivity index (χ2v) is 4.33. The Hall–Kier alpha value is -1.17. The van der Waals surface area contributed by atoms with Crippen molar-refractivity contribution in [2.24, 2.45) is 5.73 Å². The predicted molar refractivity (Wildman–Crippen MR) is 81.2 cm³/mol. The van der Waals surface area contributed by atoms with Crippen LogP contribution >= 0.6 is 12.4 Å². The number of aliphatic hydroxyl groups excluding tert-OH is 1. The van der Waals surface area contributed by atoms with Gasteiger partial charge in [0.25, 0.3) is 0 Å². The first-order chi connectivity index (χ1) is 9.08. The summed E-state index contributed by atoms with van der Waals surface area (Å²) < 4.78 is 15.8. The Morgan fingerprint density at radius 3 is 2.00 bits per heavy atom. The molecule has 0 aromatic heterocycles. The van der Waals surface area contributed by atoms with Crippen LogP contribution in [0.5, 0.6) is 17.2 Å². The molecule has 0 aliphatic carbocycles. The lowest BCUT2D eigenvalue weighted by molar-refractivity contribution is 0.133. The van der Waals surface area contributed by atoms with Crippen LogP contribution < -0.4 is 19.9 Å². The Bertz CT molecular complexity index is 414. The Morgan fingerprint density at radius 1 is 1.05 bits per heavy atom. The van der Waals surface area contributed by atoms with Gasteiger partial charge in [-0.2, -0.15) is 0 Å². The number of halogens is 1. The molecule has 1 aromatic carbocycles. The SMILES string of the molecule is CCC[C@H](O)[C@H](N)c1cc(OC)c(OC)cc1OC.Cl. The molecule has 0 bridgehead atoms. The van der Waals surface area contributed by atoms with Crippen LogP contribution in [0.4, 0.5) is 0 Å². The fourth-order valence-corrected chi connectivity index (χ4v) is 2.00. The van der Waals surface area contributed by atoms with Gasteiger partial charge in [-0.3, -0.25) is 0 Å². The molecule has 0 aliphatic heterocycles. The van der Waals surface area contributed by atoms with Gasteiger partial charge in [0.2, 0.25) is 0 Å². The number of ether oxygens (including phenoxy) is 3. The van der Waals surface area contributed by atoms with Crippen molar-refractivity contribution in [3.8, 4) is 17.2 Å². The molecular formula is C14H24ClNO4. The summed E-state index contributed by atoms with van der Waals surface area (Å²) in [5.41, 5.74) is 6.80. The second-order valence-electron chi connectivity index (χ2n) is 4.33. The van der Waals surface area contributed by atoms with Gasteiger partial charge in [0, 0.05) is 11.6 Å². The van der Waals surface area contributed by atoms with Gasteiger partial charge >= 0.3 is 0 Å². The van der Waals surface area contributed by atoms with Gasteiger partial charge in [-0.1, -0.05) is 13.3 Å². The van der Waals surface area contributed by atoms with Gasteiger partial charge < -0.3 is 25.1 Å². The van der Waals surface area contributed by atoms with Crippen molar-refractivity contribution in [3.05, 3.63) is 17.7 Å². The zero-order valence-electron chi connectivity index (χ0n) is 12.4. The molecule has 0 saturated carbocycles. The van der Waals surface area contributed by atoms with Crippen LogP contribution in [-0.2, 0) is 0 Å². The minimum absolute atomic E-state index is 0. The highest BCUT2D eigenvalue weighted by molar-refractivity contribution is 5.85. The first-order valence-electron chi connectivity index (χ1n) is 6.32. The molecular weight excluding hydrogens is 282 g/mol. The van der Waals surface area contributed by atoms with E-state index in [1.165, 1.54) is 0 Å². The number of benzene rings is 1. The highest BCUT2D eigenvalue weighted by Gasteiger charge is 2.22. The lowest BCUT2D eigenvalue weighted by Gasteiger charge is -2.22. The van der Waals surface area contributed by atoms with Gasteiger partial charge in [-0.05, 0) is 12.5 Å². The van der Waals surface area contributed by atoms with Crippen molar-refractivity contribution < 1.29 is 19.3 Å². The van der Waals surface area contributed by atoms with E-state index in [1.807, 2.05) is 6.92 Å². The van der Waals surface area contributed by atoms with Gasteiger partial charge in [-0.25, -0.2) is 0 Å². The van der Waals surface area contributed by atoms with E-state index >= 15 is 0 Å². The molecule has 1 rings (SSSR count). The van der Waals surface area contributed by atoms with E-state index in [0.717, 1.165) is 6.42 Å². The van der Waals surface area contributed by atoms with E-state index in [0.29, 0.717) is 29.2 Å². The summed E-state index contributed by atoms with van der Waals surface area (Å²) in [5, 5.41) is 10.0. The third-order valence-corrected chi connectivity index (χ3v) is 3.09. The summed E-state index contributed by atoms with van der Waals surface area (Å²) in [6.45, 7) is 2.00. The molecule has 0 heterocycles. The highest BCUT2D eigenvalue weighted by atomic mass is 35.5. The lowest BCUT2D eigenvalue weighted by Crippen LogP contribution is -2.26. The van der Waals surface area contributed by atoms with E-state index in [4.69, 9.17) is 19.9 Å². The molecule has 0 amide bonds. The maximum Gasteiger partial charge on any atom is 0.164 e. The minimum Gasteiger partial charge on any atom is -0.496 e. The van der Waals surface area contributed by atoms with Crippen molar-refractivity contribution in [1.29, 1.82) is 0 Å². The van der Waals surface area contributed by atoms with Crippen molar-refractivity contribution in [2.75, 3.05) is 21.3 Å². The smallest absolute Gasteiger partial charge is 0.164 e. The van der Waals surface area contributed by atoms with Gasteiger partial charge in [0.05, 0.1) is 33.5 Å². The zero-order chi connectivity index (χ0) is 14.4. The van der Waals surface area contributed by atoms with Crippen molar-refractivity contribution >= 4 is 12.4 Å². The third kappa shape index (κ3) is 4.16. The van der Waals surface area contributed by atoms with Crippen LogP contribution in [0.2, 0.25) is 0 Å². The summed E-state index contributed by atoms with van der Waals surface area (Å²) in [4.78, 5) is 0. The molecule has 0 spiro atoms. The number of nitrogens with two attached hydrogens (primary N) is 1. The quantitative estimate of drug-likeness (QED) is 0.808. The number of hydrogen-bond acceptors (Lipinski definition) is 5. The molecule has 116 valence electrons. The molecule has 0 saturated heterocycles. The van der Waals surface area contributed by atoms with E-state index in [-0.39, 0.29) is 12.4 Å². The number of hydrogen-bond donors (Lipinski definition) is 2. The van der Waals surface area contributed by atoms with Crippen LogP contribution in [0, 0.1) is 0 Å². The van der Waals surface area contributed by atoms with Crippen LogP contribution in [0.25, 0.3) is 0 Å². The van der Waals surface area contributed by atoms with Crippen molar-refractivity contribution in [1.82, 2.24) is 0 Å². The van der Waals surface area contributed by atoms with Crippen LogP contribution in [-0.4, -0.2) is 32.5 Å². The molecule has 0 fully saturated rings. The Morgan fingerprint density at radius 2 is 1.55 bits per heavy atom. The zero-order valence-corrected chi connectivity index (χ0v) is 13.2. The maximum absolute atomic E-state index is 10.0. The summed E-state index contributed by atoms with van der Waals surface area (Å²) in [6.07, 6.45) is 0.889. The topological polar surface area (TPSA) is 73.9 Å². The monoisotopic (exact) mass is 305 g/mol. The molecule has 3 N–H and O–H groups in total. The summed E-state index contributed by atoms with van der Waals surface area (Å²) in [7, 11) is 4.68. The number of methoxy groups -OCH3 is 3. The van der Waals surface area contributed by atoms with Crippen molar-refractivity contribution in [3.63, 3.8) is 0 Å². The fraction of sp³-hybridized carbons (Fsp3) is 0.571.